The van der Waals surface area contributed by atoms with Crippen molar-refractivity contribution in [2.45, 2.75) is 43.2 Å². The van der Waals surface area contributed by atoms with E-state index in [0.717, 1.165) is 25.7 Å². The Bertz CT molecular complexity index is 306. The van der Waals surface area contributed by atoms with Crippen molar-refractivity contribution in [2.75, 3.05) is 0 Å². The van der Waals surface area contributed by atoms with Crippen LogP contribution >= 0.6 is 0 Å². The molecule has 0 aromatic rings. The average Bonchev–Trinajstić information content (AvgIpc) is 2.29. The van der Waals surface area contributed by atoms with E-state index in [2.05, 4.69) is 5.32 Å². The minimum Gasteiger partial charge on any atom is -0.465 e. The van der Waals surface area contributed by atoms with Gasteiger partial charge in [-0.1, -0.05) is 0 Å². The third kappa shape index (κ3) is 0.947. The Kier molecular flexibility index (Phi) is 1.37. The van der Waals surface area contributed by atoms with Crippen LogP contribution in [0.25, 0.3) is 0 Å². The maximum Gasteiger partial charge on any atom is 0.405 e. The van der Waals surface area contributed by atoms with E-state index < -0.39 is 11.7 Å². The predicted molar refractivity (Wildman–Crippen MR) is 48.9 cm³/mol. The van der Waals surface area contributed by atoms with Gasteiger partial charge in [-0.05, 0) is 43.9 Å². The van der Waals surface area contributed by atoms with Gasteiger partial charge in [-0.3, -0.25) is 0 Å². The van der Waals surface area contributed by atoms with Gasteiger partial charge in [0.15, 0.2) is 0 Å². The predicted octanol–water partition coefficient (Wildman–Crippen LogP) is 0.948. The van der Waals surface area contributed by atoms with Gasteiger partial charge in [0.2, 0.25) is 0 Å². The number of rotatable bonds is 1. The summed E-state index contributed by atoms with van der Waals surface area (Å²) < 4.78 is 0. The zero-order valence-corrected chi connectivity index (χ0v) is 7.99. The second-order valence-corrected chi connectivity index (χ2v) is 5.40. The smallest absolute Gasteiger partial charge is 0.405 e. The lowest BCUT2D eigenvalue weighted by molar-refractivity contribution is -0.0151. The maximum atomic E-state index is 10.7. The average molecular weight is 197 g/mol. The highest BCUT2D eigenvalue weighted by Crippen LogP contribution is 2.61. The number of hydrogen-bond donors (Lipinski definition) is 3. The van der Waals surface area contributed by atoms with Crippen LogP contribution in [0.4, 0.5) is 4.79 Å². The van der Waals surface area contributed by atoms with Crippen LogP contribution in [0.5, 0.6) is 0 Å². The number of hydrogen-bond acceptors (Lipinski definition) is 2. The van der Waals surface area contributed by atoms with Gasteiger partial charge in [0.05, 0.1) is 5.60 Å². The summed E-state index contributed by atoms with van der Waals surface area (Å²) in [6.45, 7) is 0. The fraction of sp³-hybridized carbons (Fsp3) is 0.900. The van der Waals surface area contributed by atoms with E-state index in [-0.39, 0.29) is 5.54 Å². The van der Waals surface area contributed by atoms with Crippen molar-refractivity contribution >= 4 is 6.09 Å². The first-order valence-electron chi connectivity index (χ1n) is 5.25. The molecule has 4 nitrogen and oxygen atoms in total. The molecule has 0 aromatic heterocycles. The summed E-state index contributed by atoms with van der Waals surface area (Å²) in [5.74, 6) is 0.918. The summed E-state index contributed by atoms with van der Waals surface area (Å²) >= 11 is 0. The molecule has 4 fully saturated rings. The molecular weight excluding hydrogens is 182 g/mol. The highest BCUT2D eigenvalue weighted by atomic mass is 16.4. The molecule has 0 radical (unpaired) electrons. The molecule has 0 spiro atoms. The van der Waals surface area contributed by atoms with Crippen molar-refractivity contribution in [2.24, 2.45) is 11.8 Å². The van der Waals surface area contributed by atoms with E-state index in [4.69, 9.17) is 5.11 Å². The molecule has 4 aliphatic carbocycles. The van der Waals surface area contributed by atoms with Gasteiger partial charge >= 0.3 is 6.09 Å². The van der Waals surface area contributed by atoms with E-state index in [1.165, 1.54) is 0 Å². The van der Waals surface area contributed by atoms with Crippen LogP contribution in [0.1, 0.15) is 32.1 Å². The molecule has 4 heteroatoms. The first-order chi connectivity index (χ1) is 6.51. The Morgan fingerprint density at radius 1 is 1.36 bits per heavy atom. The van der Waals surface area contributed by atoms with Crippen molar-refractivity contribution in [1.29, 1.82) is 0 Å². The fourth-order valence-electron chi connectivity index (χ4n) is 4.26. The van der Waals surface area contributed by atoms with Crippen LogP contribution < -0.4 is 5.32 Å². The van der Waals surface area contributed by atoms with Crippen molar-refractivity contribution in [3.63, 3.8) is 0 Å². The molecule has 4 aliphatic rings. The Morgan fingerprint density at radius 3 is 2.79 bits per heavy atom. The van der Waals surface area contributed by atoms with Gasteiger partial charge in [0, 0.05) is 5.54 Å². The SMILES string of the molecule is O=C(O)NC12CC3CC1CC(O)(C3)C2. The van der Waals surface area contributed by atoms with E-state index in [0.29, 0.717) is 18.3 Å². The van der Waals surface area contributed by atoms with E-state index in [1.54, 1.807) is 0 Å². The largest absolute Gasteiger partial charge is 0.465 e. The highest BCUT2D eigenvalue weighted by molar-refractivity contribution is 5.66. The summed E-state index contributed by atoms with van der Waals surface area (Å²) in [6, 6.07) is 0. The molecule has 78 valence electrons. The molecule has 3 N–H and O–H groups in total. The minimum absolute atomic E-state index is 0.288. The van der Waals surface area contributed by atoms with Crippen molar-refractivity contribution < 1.29 is 15.0 Å². The minimum atomic E-state index is -0.943. The van der Waals surface area contributed by atoms with Gasteiger partial charge in [0.1, 0.15) is 0 Å². The second-order valence-electron chi connectivity index (χ2n) is 5.40. The lowest BCUT2D eigenvalue weighted by atomic mass is 9.77. The van der Waals surface area contributed by atoms with Crippen molar-refractivity contribution in [1.82, 2.24) is 5.32 Å². The highest BCUT2D eigenvalue weighted by Gasteiger charge is 2.64. The Labute approximate surface area is 82.3 Å². The topological polar surface area (TPSA) is 69.6 Å². The standard InChI is InChI=1S/C10H15NO3/c12-8(13)11-10-3-6-1-7(10)4-9(14,2-6)5-10/h6-7,11,14H,1-5H2,(H,12,13). The number of carboxylic acid groups (broad SMARTS) is 1. The van der Waals surface area contributed by atoms with Gasteiger partial charge in [0.25, 0.3) is 0 Å². The molecule has 4 rings (SSSR count). The Balaban J connectivity index is 1.92. The molecule has 4 bridgehead atoms. The van der Waals surface area contributed by atoms with Crippen molar-refractivity contribution in [3.8, 4) is 0 Å². The van der Waals surface area contributed by atoms with E-state index >= 15 is 0 Å². The summed E-state index contributed by atoms with van der Waals surface area (Å²) in [5.41, 5.74) is -0.849. The number of amides is 1. The van der Waals surface area contributed by atoms with Gasteiger partial charge in [-0.15, -0.1) is 0 Å². The van der Waals surface area contributed by atoms with E-state index in [1.807, 2.05) is 0 Å². The quantitative estimate of drug-likeness (QED) is 0.586. The lowest BCUT2D eigenvalue weighted by Gasteiger charge is -2.37. The number of aliphatic hydroxyl groups is 1. The number of carbonyl (C=O) groups is 1. The summed E-state index contributed by atoms with van der Waals surface area (Å²) in [6.07, 6.45) is 3.40. The third-order valence-electron chi connectivity index (χ3n) is 4.35. The fourth-order valence-corrected chi connectivity index (χ4v) is 4.26. The summed E-state index contributed by atoms with van der Waals surface area (Å²) in [7, 11) is 0. The second kappa shape index (κ2) is 2.24. The van der Waals surface area contributed by atoms with E-state index in [9.17, 15) is 9.90 Å². The molecule has 0 saturated heterocycles. The molecule has 4 atom stereocenters. The van der Waals surface area contributed by atoms with Gasteiger partial charge in [-0.2, -0.15) is 0 Å². The summed E-state index contributed by atoms with van der Waals surface area (Å²) in [4.78, 5) is 10.7. The molecule has 4 unspecified atom stereocenters. The normalized spacial score (nSPS) is 53.8. The Hall–Kier alpha value is -0.770. The van der Waals surface area contributed by atoms with Crippen molar-refractivity contribution in [3.05, 3.63) is 0 Å². The van der Waals surface area contributed by atoms with Gasteiger partial charge < -0.3 is 15.5 Å². The lowest BCUT2D eigenvalue weighted by Crippen LogP contribution is -2.50. The third-order valence-corrected chi connectivity index (χ3v) is 4.35. The van der Waals surface area contributed by atoms with Gasteiger partial charge in [-0.25, -0.2) is 4.79 Å². The zero-order chi connectivity index (χ0) is 9.97. The van der Waals surface area contributed by atoms with Crippen LogP contribution in [-0.2, 0) is 0 Å². The molecule has 0 aliphatic heterocycles. The molecule has 1 amide bonds. The first-order valence-corrected chi connectivity index (χ1v) is 5.25. The van der Waals surface area contributed by atoms with Crippen LogP contribution in [-0.4, -0.2) is 27.4 Å². The number of nitrogens with one attached hydrogen (secondary N) is 1. The van der Waals surface area contributed by atoms with Crippen LogP contribution in [0, 0.1) is 11.8 Å². The van der Waals surface area contributed by atoms with Crippen LogP contribution in [0.2, 0.25) is 0 Å². The molecule has 4 saturated carbocycles. The molecule has 0 heterocycles. The summed E-state index contributed by atoms with van der Waals surface area (Å²) in [5, 5.41) is 21.6. The van der Waals surface area contributed by atoms with Crippen LogP contribution in [0.3, 0.4) is 0 Å². The monoisotopic (exact) mass is 197 g/mol. The zero-order valence-electron chi connectivity index (χ0n) is 7.99. The van der Waals surface area contributed by atoms with Crippen LogP contribution in [0.15, 0.2) is 0 Å². The molecular formula is C10H15NO3. The molecule has 14 heavy (non-hydrogen) atoms. The first kappa shape index (κ1) is 8.53. The molecule has 0 aromatic carbocycles. The maximum absolute atomic E-state index is 10.7. The Morgan fingerprint density at radius 2 is 2.14 bits per heavy atom.